The van der Waals surface area contributed by atoms with Crippen molar-refractivity contribution in [1.82, 2.24) is 0 Å². The van der Waals surface area contributed by atoms with Crippen molar-refractivity contribution in [2.75, 3.05) is 4.90 Å². The third-order valence-electron chi connectivity index (χ3n) is 3.81. The lowest BCUT2D eigenvalue weighted by atomic mass is 9.79. The molecule has 2 rings (SSSR count). The molecule has 0 spiro atoms. The summed E-state index contributed by atoms with van der Waals surface area (Å²) < 4.78 is 0.937. The van der Waals surface area contributed by atoms with Crippen molar-refractivity contribution in [2.45, 2.75) is 45.4 Å². The Labute approximate surface area is 122 Å². The van der Waals surface area contributed by atoms with E-state index in [2.05, 4.69) is 22.9 Å². The maximum atomic E-state index is 12.6. The lowest BCUT2D eigenvalue weighted by Crippen LogP contribution is -2.40. The van der Waals surface area contributed by atoms with Crippen LogP contribution in [0.4, 0.5) is 5.69 Å². The maximum Gasteiger partial charge on any atom is 0.244 e. The summed E-state index contributed by atoms with van der Waals surface area (Å²) in [6, 6.07) is 5.68. The van der Waals surface area contributed by atoms with Crippen molar-refractivity contribution in [3.8, 4) is 0 Å². The highest BCUT2D eigenvalue weighted by molar-refractivity contribution is 9.10. The molecule has 1 heterocycles. The van der Waals surface area contributed by atoms with Crippen molar-refractivity contribution in [3.63, 3.8) is 0 Å². The molecular formula is C15H18BrNO2. The number of benzene rings is 1. The van der Waals surface area contributed by atoms with Crippen molar-refractivity contribution in [3.05, 3.63) is 28.2 Å². The number of carbonyl (C=O) groups excluding carboxylic acids is 2. The molecule has 1 aromatic rings. The fourth-order valence-corrected chi connectivity index (χ4v) is 3.06. The summed E-state index contributed by atoms with van der Waals surface area (Å²) in [5.41, 5.74) is 1.11. The molecule has 2 amide bonds. The number of hydrogen-bond acceptors (Lipinski definition) is 2. The molecule has 1 aromatic carbocycles. The van der Waals surface area contributed by atoms with Crippen LogP contribution in [0.1, 0.15) is 45.6 Å². The van der Waals surface area contributed by atoms with Gasteiger partial charge in [0, 0.05) is 11.4 Å². The van der Waals surface area contributed by atoms with E-state index in [-0.39, 0.29) is 11.8 Å². The largest absolute Gasteiger partial charge is 0.274 e. The van der Waals surface area contributed by atoms with E-state index in [0.29, 0.717) is 0 Å². The van der Waals surface area contributed by atoms with Gasteiger partial charge in [-0.05, 0) is 37.1 Å². The van der Waals surface area contributed by atoms with Crippen LogP contribution < -0.4 is 4.90 Å². The highest BCUT2D eigenvalue weighted by atomic mass is 79.9. The Morgan fingerprint density at radius 1 is 1.42 bits per heavy atom. The zero-order valence-corrected chi connectivity index (χ0v) is 13.1. The van der Waals surface area contributed by atoms with E-state index >= 15 is 0 Å². The predicted octanol–water partition coefficient (Wildman–Crippen LogP) is 3.79. The van der Waals surface area contributed by atoms with Crippen LogP contribution in [0.25, 0.3) is 0 Å². The van der Waals surface area contributed by atoms with Gasteiger partial charge >= 0.3 is 0 Å². The maximum absolute atomic E-state index is 12.6. The monoisotopic (exact) mass is 323 g/mol. The lowest BCUT2D eigenvalue weighted by Gasteiger charge is -2.23. The summed E-state index contributed by atoms with van der Waals surface area (Å²) in [6.45, 7) is 5.49. The Bertz CT molecular complexity index is 541. The molecule has 0 saturated carbocycles. The first-order valence-corrected chi connectivity index (χ1v) is 7.36. The Balaban J connectivity index is 2.56. The second-order valence-corrected chi connectivity index (χ2v) is 6.17. The minimum absolute atomic E-state index is 0.0958. The van der Waals surface area contributed by atoms with Gasteiger partial charge in [0.1, 0.15) is 0 Å². The number of nitrogens with zero attached hydrogens (tertiary/aromatic N) is 1. The van der Waals surface area contributed by atoms with E-state index in [9.17, 15) is 9.59 Å². The normalized spacial score (nSPS) is 21.7. The first kappa shape index (κ1) is 14.3. The number of rotatable bonds is 3. The molecule has 1 unspecified atom stereocenters. The van der Waals surface area contributed by atoms with Gasteiger partial charge in [0.2, 0.25) is 11.8 Å². The highest BCUT2D eigenvalue weighted by Crippen LogP contribution is 2.45. The third-order valence-corrected chi connectivity index (χ3v) is 4.31. The molecule has 4 heteroatoms. The second kappa shape index (κ2) is 5.08. The van der Waals surface area contributed by atoms with E-state index < -0.39 is 5.41 Å². The number of anilines is 1. The summed E-state index contributed by atoms with van der Waals surface area (Å²) in [5.74, 6) is -0.310. The predicted molar refractivity (Wildman–Crippen MR) is 79.2 cm³/mol. The van der Waals surface area contributed by atoms with Crippen LogP contribution in [0.2, 0.25) is 0 Å². The van der Waals surface area contributed by atoms with Gasteiger partial charge in [-0.1, -0.05) is 35.7 Å². The van der Waals surface area contributed by atoms with Gasteiger partial charge in [0.15, 0.2) is 0 Å². The summed E-state index contributed by atoms with van der Waals surface area (Å²) in [7, 11) is 0. The molecule has 0 radical (unpaired) electrons. The smallest absolute Gasteiger partial charge is 0.244 e. The first-order chi connectivity index (χ1) is 8.91. The van der Waals surface area contributed by atoms with E-state index in [1.165, 1.54) is 11.8 Å². The van der Waals surface area contributed by atoms with Crippen molar-refractivity contribution >= 4 is 33.4 Å². The van der Waals surface area contributed by atoms with Crippen LogP contribution >= 0.6 is 15.9 Å². The van der Waals surface area contributed by atoms with Gasteiger partial charge < -0.3 is 0 Å². The molecule has 0 N–H and O–H groups in total. The Hall–Kier alpha value is -1.16. The Morgan fingerprint density at radius 3 is 2.68 bits per heavy atom. The number of unbranched alkanes of at least 4 members (excludes halogenated alkanes) is 1. The Kier molecular flexibility index (Phi) is 3.81. The lowest BCUT2D eigenvalue weighted by molar-refractivity contribution is -0.128. The van der Waals surface area contributed by atoms with Crippen LogP contribution in [-0.2, 0) is 15.0 Å². The summed E-state index contributed by atoms with van der Waals surface area (Å²) in [4.78, 5) is 25.7. The minimum atomic E-state index is -0.583. The molecule has 0 saturated heterocycles. The molecule has 1 aliphatic heterocycles. The van der Waals surface area contributed by atoms with Crippen molar-refractivity contribution in [2.24, 2.45) is 0 Å². The standard InChI is InChI=1S/C15H18BrNO2/c1-4-5-8-15(3)12-9-11(16)6-7-13(12)17(10(2)18)14(15)19/h6-7,9H,4-5,8H2,1-3H3. The topological polar surface area (TPSA) is 37.4 Å². The molecule has 0 fully saturated rings. The number of carbonyl (C=O) groups is 2. The zero-order valence-electron chi connectivity index (χ0n) is 11.5. The van der Waals surface area contributed by atoms with Crippen LogP contribution in [0.3, 0.4) is 0 Å². The number of hydrogen-bond donors (Lipinski definition) is 0. The quantitative estimate of drug-likeness (QED) is 0.848. The van der Waals surface area contributed by atoms with E-state index in [4.69, 9.17) is 0 Å². The van der Waals surface area contributed by atoms with Crippen LogP contribution in [-0.4, -0.2) is 11.8 Å². The van der Waals surface area contributed by atoms with Gasteiger partial charge in [-0.3, -0.25) is 9.59 Å². The molecular weight excluding hydrogens is 306 g/mol. The average molecular weight is 324 g/mol. The summed E-state index contributed by atoms with van der Waals surface area (Å²) >= 11 is 3.45. The summed E-state index contributed by atoms with van der Waals surface area (Å²) in [5, 5.41) is 0. The highest BCUT2D eigenvalue weighted by Gasteiger charge is 2.48. The zero-order chi connectivity index (χ0) is 14.2. The Morgan fingerprint density at radius 2 is 2.11 bits per heavy atom. The molecule has 0 aliphatic carbocycles. The molecule has 19 heavy (non-hydrogen) atoms. The molecule has 102 valence electrons. The van der Waals surface area contributed by atoms with Gasteiger partial charge in [-0.25, -0.2) is 4.90 Å². The fourth-order valence-electron chi connectivity index (χ4n) is 2.70. The van der Waals surface area contributed by atoms with Gasteiger partial charge in [0.05, 0.1) is 11.1 Å². The minimum Gasteiger partial charge on any atom is -0.274 e. The molecule has 3 nitrogen and oxygen atoms in total. The number of imide groups is 1. The van der Waals surface area contributed by atoms with Gasteiger partial charge in [-0.15, -0.1) is 0 Å². The molecule has 0 aromatic heterocycles. The van der Waals surface area contributed by atoms with E-state index in [0.717, 1.165) is 35.0 Å². The second-order valence-electron chi connectivity index (χ2n) is 5.26. The number of halogens is 1. The molecule has 1 atom stereocenters. The van der Waals surface area contributed by atoms with Crippen molar-refractivity contribution in [1.29, 1.82) is 0 Å². The van der Waals surface area contributed by atoms with E-state index in [1.807, 2.05) is 25.1 Å². The van der Waals surface area contributed by atoms with Crippen LogP contribution in [0, 0.1) is 0 Å². The molecule has 1 aliphatic rings. The van der Waals surface area contributed by atoms with Gasteiger partial charge in [-0.2, -0.15) is 0 Å². The van der Waals surface area contributed by atoms with Crippen molar-refractivity contribution < 1.29 is 9.59 Å². The number of amides is 2. The first-order valence-electron chi connectivity index (χ1n) is 6.57. The summed E-state index contributed by atoms with van der Waals surface area (Å²) in [6.07, 6.45) is 2.78. The SMILES string of the molecule is CCCCC1(C)C(=O)N(C(C)=O)c2ccc(Br)cc21. The van der Waals surface area contributed by atoms with Crippen LogP contribution in [0.15, 0.2) is 22.7 Å². The van der Waals surface area contributed by atoms with Gasteiger partial charge in [0.25, 0.3) is 0 Å². The van der Waals surface area contributed by atoms with Crippen LogP contribution in [0.5, 0.6) is 0 Å². The molecule has 0 bridgehead atoms. The average Bonchev–Trinajstić information content (AvgIpc) is 2.57. The fraction of sp³-hybridized carbons (Fsp3) is 0.467. The van der Waals surface area contributed by atoms with E-state index in [1.54, 1.807) is 0 Å². The third kappa shape index (κ3) is 2.22. The number of fused-ring (bicyclic) bond motifs is 1.